The molecule has 0 saturated carbocycles. The van der Waals surface area contributed by atoms with Crippen LogP contribution in [0.15, 0.2) is 60.7 Å². The van der Waals surface area contributed by atoms with Gasteiger partial charge in [-0.25, -0.2) is 0 Å². The molecule has 1 unspecified atom stereocenters. The molecule has 0 heterocycles. The van der Waals surface area contributed by atoms with Crippen molar-refractivity contribution in [2.75, 3.05) is 6.54 Å². The molecule has 0 radical (unpaired) electrons. The van der Waals surface area contributed by atoms with E-state index in [0.717, 1.165) is 12.8 Å². The summed E-state index contributed by atoms with van der Waals surface area (Å²) in [5, 5.41) is 2.94. The number of hydrogen-bond donors (Lipinski definition) is 1. The van der Waals surface area contributed by atoms with E-state index in [9.17, 15) is 8.78 Å². The minimum atomic E-state index is -2.83. The van der Waals surface area contributed by atoms with Gasteiger partial charge in [0.15, 0.2) is 0 Å². The molecule has 0 aliphatic rings. The van der Waals surface area contributed by atoms with Crippen LogP contribution in [0.1, 0.15) is 24.5 Å². The van der Waals surface area contributed by atoms with Gasteiger partial charge in [0.05, 0.1) is 6.54 Å². The third-order valence-electron chi connectivity index (χ3n) is 3.58. The molecular weight excluding hydrogens is 268 g/mol. The summed E-state index contributed by atoms with van der Waals surface area (Å²) < 4.78 is 28.0. The molecule has 21 heavy (non-hydrogen) atoms. The lowest BCUT2D eigenvalue weighted by Gasteiger charge is -2.21. The molecule has 0 bridgehead atoms. The van der Waals surface area contributed by atoms with Gasteiger partial charge < -0.3 is 5.32 Å². The normalized spacial score (nSPS) is 13.1. The molecule has 0 aliphatic heterocycles. The summed E-state index contributed by atoms with van der Waals surface area (Å²) in [5.74, 6) is -2.83. The van der Waals surface area contributed by atoms with E-state index in [-0.39, 0.29) is 18.2 Å². The topological polar surface area (TPSA) is 12.0 Å². The van der Waals surface area contributed by atoms with Gasteiger partial charge in [0.25, 0.3) is 5.92 Å². The number of rotatable bonds is 7. The van der Waals surface area contributed by atoms with Crippen molar-refractivity contribution in [3.63, 3.8) is 0 Å². The van der Waals surface area contributed by atoms with Gasteiger partial charge >= 0.3 is 0 Å². The first-order valence-electron chi connectivity index (χ1n) is 7.28. The van der Waals surface area contributed by atoms with E-state index in [2.05, 4.69) is 17.4 Å². The molecule has 0 fully saturated rings. The van der Waals surface area contributed by atoms with E-state index in [0.29, 0.717) is 0 Å². The molecule has 112 valence electrons. The average Bonchev–Trinajstić information content (AvgIpc) is 2.53. The summed E-state index contributed by atoms with van der Waals surface area (Å²) in [7, 11) is 0. The number of hydrogen-bond acceptors (Lipinski definition) is 1. The predicted molar refractivity (Wildman–Crippen MR) is 82.6 cm³/mol. The van der Waals surface area contributed by atoms with Crippen molar-refractivity contribution in [1.29, 1.82) is 0 Å². The molecule has 2 aromatic carbocycles. The fourth-order valence-electron chi connectivity index (χ4n) is 2.22. The molecule has 1 nitrogen and oxygen atoms in total. The van der Waals surface area contributed by atoms with Gasteiger partial charge in [0.1, 0.15) is 0 Å². The van der Waals surface area contributed by atoms with Crippen molar-refractivity contribution in [2.24, 2.45) is 0 Å². The highest BCUT2D eigenvalue weighted by molar-refractivity contribution is 5.20. The Balaban J connectivity index is 1.79. The lowest BCUT2D eigenvalue weighted by atomic mass is 10.1. The zero-order chi connectivity index (χ0) is 15.1. The summed E-state index contributed by atoms with van der Waals surface area (Å²) in [6.07, 6.45) is 1.74. The zero-order valence-electron chi connectivity index (χ0n) is 12.2. The summed E-state index contributed by atoms with van der Waals surface area (Å²) in [6.45, 7) is 1.62. The predicted octanol–water partition coefficient (Wildman–Crippen LogP) is 4.39. The molecule has 0 saturated heterocycles. The molecule has 2 aromatic rings. The molecule has 0 aliphatic carbocycles. The number of halogens is 2. The van der Waals surface area contributed by atoms with Crippen molar-refractivity contribution in [1.82, 2.24) is 5.32 Å². The van der Waals surface area contributed by atoms with E-state index >= 15 is 0 Å². The summed E-state index contributed by atoms with van der Waals surface area (Å²) in [5.41, 5.74) is 1.30. The van der Waals surface area contributed by atoms with Crippen LogP contribution in [0.5, 0.6) is 0 Å². The number of benzene rings is 2. The standard InChI is InChI=1S/C18H21F2N/c1-15(12-13-16-8-4-2-5-9-16)21-14-18(19,20)17-10-6-3-7-11-17/h2-11,15,21H,12-14H2,1H3. The van der Waals surface area contributed by atoms with Gasteiger partial charge in [0.2, 0.25) is 0 Å². The summed E-state index contributed by atoms with van der Waals surface area (Å²) in [6, 6.07) is 18.1. The van der Waals surface area contributed by atoms with Gasteiger partial charge in [0, 0.05) is 11.6 Å². The Kier molecular flexibility index (Phi) is 5.45. The van der Waals surface area contributed by atoms with E-state index in [1.54, 1.807) is 18.2 Å². The molecule has 1 atom stereocenters. The van der Waals surface area contributed by atoms with Gasteiger partial charge in [-0.15, -0.1) is 0 Å². The summed E-state index contributed by atoms with van der Waals surface area (Å²) in [4.78, 5) is 0. The second-order valence-corrected chi connectivity index (χ2v) is 5.38. The maximum atomic E-state index is 14.0. The van der Waals surface area contributed by atoms with Crippen LogP contribution in [0.3, 0.4) is 0 Å². The van der Waals surface area contributed by atoms with Crippen LogP contribution in [-0.4, -0.2) is 12.6 Å². The first-order chi connectivity index (χ1) is 10.1. The monoisotopic (exact) mass is 289 g/mol. The van der Waals surface area contributed by atoms with E-state index in [1.165, 1.54) is 17.7 Å². The summed E-state index contributed by atoms with van der Waals surface area (Å²) >= 11 is 0. The smallest absolute Gasteiger partial charge is 0.285 e. The fourth-order valence-corrected chi connectivity index (χ4v) is 2.22. The van der Waals surface area contributed by atoms with Crippen LogP contribution in [0.2, 0.25) is 0 Å². The van der Waals surface area contributed by atoms with Gasteiger partial charge in [-0.1, -0.05) is 60.7 Å². The van der Waals surface area contributed by atoms with Crippen LogP contribution in [-0.2, 0) is 12.3 Å². The first kappa shape index (κ1) is 15.6. The van der Waals surface area contributed by atoms with E-state index in [1.807, 2.05) is 25.1 Å². The molecule has 3 heteroatoms. The minimum absolute atomic E-state index is 0.0554. The van der Waals surface area contributed by atoms with Crippen LogP contribution < -0.4 is 5.32 Å². The van der Waals surface area contributed by atoms with Gasteiger partial charge in [-0.05, 0) is 25.3 Å². The van der Waals surface area contributed by atoms with Crippen LogP contribution >= 0.6 is 0 Å². The molecular formula is C18H21F2N. The van der Waals surface area contributed by atoms with Gasteiger partial charge in [-0.2, -0.15) is 8.78 Å². The van der Waals surface area contributed by atoms with Crippen molar-refractivity contribution < 1.29 is 8.78 Å². The number of nitrogens with one attached hydrogen (secondary N) is 1. The largest absolute Gasteiger partial charge is 0.308 e. The Labute approximate surface area is 125 Å². The Morgan fingerprint density at radius 2 is 1.52 bits per heavy atom. The van der Waals surface area contributed by atoms with Crippen molar-refractivity contribution in [3.8, 4) is 0 Å². The third kappa shape index (κ3) is 4.94. The molecule has 0 amide bonds. The third-order valence-corrected chi connectivity index (χ3v) is 3.58. The molecule has 0 spiro atoms. The SMILES string of the molecule is CC(CCc1ccccc1)NCC(F)(F)c1ccccc1. The van der Waals surface area contributed by atoms with Crippen molar-refractivity contribution >= 4 is 0 Å². The highest BCUT2D eigenvalue weighted by Gasteiger charge is 2.31. The van der Waals surface area contributed by atoms with E-state index < -0.39 is 5.92 Å². The molecule has 0 aromatic heterocycles. The van der Waals surface area contributed by atoms with Crippen molar-refractivity contribution in [2.45, 2.75) is 31.7 Å². The first-order valence-corrected chi connectivity index (χ1v) is 7.28. The maximum Gasteiger partial charge on any atom is 0.285 e. The second kappa shape index (κ2) is 7.32. The number of alkyl halides is 2. The zero-order valence-corrected chi connectivity index (χ0v) is 12.2. The number of aryl methyl sites for hydroxylation is 1. The Hall–Kier alpha value is -1.74. The highest BCUT2D eigenvalue weighted by atomic mass is 19.3. The molecule has 1 N–H and O–H groups in total. The maximum absolute atomic E-state index is 14.0. The second-order valence-electron chi connectivity index (χ2n) is 5.38. The fraction of sp³-hybridized carbons (Fsp3) is 0.333. The van der Waals surface area contributed by atoms with Crippen LogP contribution in [0.4, 0.5) is 8.78 Å². The Morgan fingerprint density at radius 3 is 2.14 bits per heavy atom. The molecule has 2 rings (SSSR count). The Bertz CT molecular complexity index is 525. The lowest BCUT2D eigenvalue weighted by molar-refractivity contribution is -0.00547. The van der Waals surface area contributed by atoms with E-state index in [4.69, 9.17) is 0 Å². The average molecular weight is 289 g/mol. The minimum Gasteiger partial charge on any atom is -0.308 e. The van der Waals surface area contributed by atoms with Crippen molar-refractivity contribution in [3.05, 3.63) is 71.8 Å². The van der Waals surface area contributed by atoms with Gasteiger partial charge in [-0.3, -0.25) is 0 Å². The quantitative estimate of drug-likeness (QED) is 0.797. The lowest BCUT2D eigenvalue weighted by Crippen LogP contribution is -2.36. The van der Waals surface area contributed by atoms with Crippen LogP contribution in [0, 0.1) is 0 Å². The Morgan fingerprint density at radius 1 is 0.952 bits per heavy atom. The van der Waals surface area contributed by atoms with Crippen LogP contribution in [0.25, 0.3) is 0 Å². The highest BCUT2D eigenvalue weighted by Crippen LogP contribution is 2.26.